The number of thiophene rings is 1. The van der Waals surface area contributed by atoms with E-state index in [1.807, 2.05) is 24.3 Å². The Balaban J connectivity index is 1.75. The molecule has 0 saturated heterocycles. The van der Waals surface area contributed by atoms with Crippen LogP contribution in [0.5, 0.6) is 5.75 Å². The Morgan fingerprint density at radius 3 is 2.70 bits per heavy atom. The number of carbonyl (C=O) groups excluding carboxylic acids is 1. The molecule has 1 unspecified atom stereocenters. The molecule has 102 valence electrons. The molecule has 0 aliphatic carbocycles. The second-order valence-corrected chi connectivity index (χ2v) is 5.43. The number of benzene rings is 1. The summed E-state index contributed by atoms with van der Waals surface area (Å²) in [4.78, 5) is 23.4. The van der Waals surface area contributed by atoms with Gasteiger partial charge in [0.05, 0.1) is 10.9 Å². The van der Waals surface area contributed by atoms with Crippen LogP contribution in [0.15, 0.2) is 36.4 Å². The highest BCUT2D eigenvalue weighted by atomic mass is 32.1. The van der Waals surface area contributed by atoms with E-state index in [1.165, 1.54) is 12.1 Å². The molecule has 0 radical (unpaired) electrons. The first-order chi connectivity index (χ1) is 9.65. The molecule has 6 heteroatoms. The van der Waals surface area contributed by atoms with Crippen molar-refractivity contribution in [3.8, 4) is 5.75 Å². The standard InChI is InChI=1S/C14H11NO4S/c16-13(11-5-6-12(20-11)14(17)18)15-9-7-19-10-4-2-1-3-8(9)10/h1-6,9H,7H2,(H,15,16)(H,17,18). The zero-order valence-electron chi connectivity index (χ0n) is 10.3. The van der Waals surface area contributed by atoms with E-state index in [4.69, 9.17) is 9.84 Å². The van der Waals surface area contributed by atoms with Gasteiger partial charge in [0.25, 0.3) is 5.91 Å². The van der Waals surface area contributed by atoms with Gasteiger partial charge >= 0.3 is 5.97 Å². The highest BCUT2D eigenvalue weighted by Crippen LogP contribution is 2.32. The molecule has 2 N–H and O–H groups in total. The number of aromatic carboxylic acids is 1. The van der Waals surface area contributed by atoms with Crippen LogP contribution in [0.2, 0.25) is 0 Å². The first kappa shape index (κ1) is 12.7. The number of carbonyl (C=O) groups is 2. The number of hydrogen-bond acceptors (Lipinski definition) is 4. The van der Waals surface area contributed by atoms with Crippen molar-refractivity contribution in [2.24, 2.45) is 0 Å². The monoisotopic (exact) mass is 289 g/mol. The first-order valence-corrected chi connectivity index (χ1v) is 6.82. The molecule has 0 fully saturated rings. The Morgan fingerprint density at radius 2 is 1.95 bits per heavy atom. The lowest BCUT2D eigenvalue weighted by molar-refractivity contribution is 0.0702. The summed E-state index contributed by atoms with van der Waals surface area (Å²) in [6, 6.07) is 10.3. The van der Waals surface area contributed by atoms with Crippen molar-refractivity contribution in [3.63, 3.8) is 0 Å². The minimum atomic E-state index is -1.02. The average molecular weight is 289 g/mol. The Labute approximate surface area is 118 Å². The molecule has 5 nitrogen and oxygen atoms in total. The van der Waals surface area contributed by atoms with Crippen LogP contribution in [0.3, 0.4) is 0 Å². The molecule has 3 rings (SSSR count). The summed E-state index contributed by atoms with van der Waals surface area (Å²) in [7, 11) is 0. The predicted molar refractivity (Wildman–Crippen MR) is 73.4 cm³/mol. The molecule has 1 aromatic carbocycles. The smallest absolute Gasteiger partial charge is 0.345 e. The van der Waals surface area contributed by atoms with Crippen molar-refractivity contribution in [2.45, 2.75) is 6.04 Å². The fraction of sp³-hybridized carbons (Fsp3) is 0.143. The Hall–Kier alpha value is -2.34. The normalized spacial score (nSPS) is 16.3. The maximum atomic E-state index is 12.1. The fourth-order valence-electron chi connectivity index (χ4n) is 2.09. The van der Waals surface area contributed by atoms with Gasteiger partial charge in [-0.1, -0.05) is 18.2 Å². The molecule has 0 saturated carbocycles. The van der Waals surface area contributed by atoms with E-state index in [2.05, 4.69) is 5.32 Å². The average Bonchev–Trinajstić information content (AvgIpc) is 3.06. The van der Waals surface area contributed by atoms with Crippen LogP contribution >= 0.6 is 11.3 Å². The summed E-state index contributed by atoms with van der Waals surface area (Å²) in [6.07, 6.45) is 0. The molecule has 1 aliphatic heterocycles. The third-order valence-corrected chi connectivity index (χ3v) is 4.12. The maximum absolute atomic E-state index is 12.1. The number of carboxylic acid groups (broad SMARTS) is 1. The van der Waals surface area contributed by atoms with Gasteiger partial charge in [-0.25, -0.2) is 4.79 Å². The Bertz CT molecular complexity index is 679. The Morgan fingerprint density at radius 1 is 1.20 bits per heavy atom. The summed E-state index contributed by atoms with van der Waals surface area (Å²) >= 11 is 0.961. The largest absolute Gasteiger partial charge is 0.491 e. The molecular formula is C14H11NO4S. The van der Waals surface area contributed by atoms with E-state index in [1.54, 1.807) is 0 Å². The van der Waals surface area contributed by atoms with E-state index < -0.39 is 5.97 Å². The number of ether oxygens (including phenoxy) is 1. The molecule has 1 aliphatic rings. The van der Waals surface area contributed by atoms with Crippen LogP contribution < -0.4 is 10.1 Å². The molecule has 1 amide bonds. The molecule has 1 aromatic heterocycles. The molecule has 1 atom stereocenters. The van der Waals surface area contributed by atoms with Crippen LogP contribution in [-0.2, 0) is 0 Å². The van der Waals surface area contributed by atoms with E-state index in [0.29, 0.717) is 11.5 Å². The third kappa shape index (κ3) is 2.25. The topological polar surface area (TPSA) is 75.6 Å². The summed E-state index contributed by atoms with van der Waals surface area (Å²) in [5, 5.41) is 11.7. The van der Waals surface area contributed by atoms with Gasteiger partial charge in [-0.15, -0.1) is 11.3 Å². The quantitative estimate of drug-likeness (QED) is 0.909. The summed E-state index contributed by atoms with van der Waals surface area (Å²) in [5.74, 6) is -0.536. The number of rotatable bonds is 3. The van der Waals surface area contributed by atoms with Gasteiger partial charge in [0.15, 0.2) is 0 Å². The highest BCUT2D eigenvalue weighted by Gasteiger charge is 2.26. The first-order valence-electron chi connectivity index (χ1n) is 6.01. The van der Waals surface area contributed by atoms with Crippen molar-refractivity contribution >= 4 is 23.2 Å². The SMILES string of the molecule is O=C(O)c1ccc(C(=O)NC2COc3ccccc32)s1. The third-order valence-electron chi connectivity index (χ3n) is 3.05. The molecule has 20 heavy (non-hydrogen) atoms. The van der Waals surface area contributed by atoms with E-state index in [9.17, 15) is 9.59 Å². The van der Waals surface area contributed by atoms with Crippen molar-refractivity contribution < 1.29 is 19.4 Å². The van der Waals surface area contributed by atoms with Crippen molar-refractivity contribution in [1.29, 1.82) is 0 Å². The summed E-state index contributed by atoms with van der Waals surface area (Å²) in [5.41, 5.74) is 0.941. The second-order valence-electron chi connectivity index (χ2n) is 4.34. The summed E-state index contributed by atoms with van der Waals surface area (Å²) in [6.45, 7) is 0.391. The van der Waals surface area contributed by atoms with Gasteiger partial charge in [0, 0.05) is 5.56 Å². The van der Waals surface area contributed by atoms with Gasteiger partial charge in [-0.3, -0.25) is 4.79 Å². The van der Waals surface area contributed by atoms with Crippen LogP contribution in [0.25, 0.3) is 0 Å². The Kier molecular flexibility index (Phi) is 3.15. The molecular weight excluding hydrogens is 278 g/mol. The van der Waals surface area contributed by atoms with E-state index in [-0.39, 0.29) is 16.8 Å². The van der Waals surface area contributed by atoms with Crippen molar-refractivity contribution in [2.75, 3.05) is 6.61 Å². The lowest BCUT2D eigenvalue weighted by Gasteiger charge is -2.10. The minimum Gasteiger partial charge on any atom is -0.491 e. The highest BCUT2D eigenvalue weighted by molar-refractivity contribution is 7.15. The molecule has 0 spiro atoms. The van der Waals surface area contributed by atoms with Crippen LogP contribution in [-0.4, -0.2) is 23.6 Å². The number of para-hydroxylation sites is 1. The number of hydrogen-bond donors (Lipinski definition) is 2. The number of nitrogens with one attached hydrogen (secondary N) is 1. The van der Waals surface area contributed by atoms with Crippen molar-refractivity contribution in [3.05, 3.63) is 51.7 Å². The van der Waals surface area contributed by atoms with Gasteiger partial charge < -0.3 is 15.2 Å². The lowest BCUT2D eigenvalue weighted by atomic mass is 10.1. The second kappa shape index (κ2) is 4.97. The van der Waals surface area contributed by atoms with Gasteiger partial charge in [-0.2, -0.15) is 0 Å². The lowest BCUT2D eigenvalue weighted by Crippen LogP contribution is -2.28. The van der Waals surface area contributed by atoms with Crippen LogP contribution in [0.1, 0.15) is 30.9 Å². The van der Waals surface area contributed by atoms with Gasteiger partial charge in [0.1, 0.15) is 17.2 Å². The zero-order chi connectivity index (χ0) is 14.1. The van der Waals surface area contributed by atoms with Gasteiger partial charge in [-0.05, 0) is 18.2 Å². The van der Waals surface area contributed by atoms with Gasteiger partial charge in [0.2, 0.25) is 0 Å². The van der Waals surface area contributed by atoms with Crippen LogP contribution in [0, 0.1) is 0 Å². The molecule has 2 aromatic rings. The van der Waals surface area contributed by atoms with Crippen LogP contribution in [0.4, 0.5) is 0 Å². The fourth-order valence-corrected chi connectivity index (χ4v) is 2.83. The van der Waals surface area contributed by atoms with E-state index >= 15 is 0 Å². The number of fused-ring (bicyclic) bond motifs is 1. The molecule has 2 heterocycles. The van der Waals surface area contributed by atoms with Crippen molar-refractivity contribution in [1.82, 2.24) is 5.32 Å². The summed E-state index contributed by atoms with van der Waals surface area (Å²) < 4.78 is 5.49. The maximum Gasteiger partial charge on any atom is 0.345 e. The number of carboxylic acids is 1. The number of amides is 1. The van der Waals surface area contributed by atoms with E-state index in [0.717, 1.165) is 22.6 Å². The predicted octanol–water partition coefficient (Wildman–Crippen LogP) is 2.31. The zero-order valence-corrected chi connectivity index (χ0v) is 11.1. The minimum absolute atomic E-state index is 0.151. The molecule has 0 bridgehead atoms.